The van der Waals surface area contributed by atoms with Crippen LogP contribution in [-0.4, -0.2) is 24.8 Å². The highest BCUT2D eigenvalue weighted by atomic mass is 16.5. The zero-order valence-corrected chi connectivity index (χ0v) is 10.5. The van der Waals surface area contributed by atoms with Crippen LogP contribution in [0.4, 0.5) is 0 Å². The van der Waals surface area contributed by atoms with Crippen molar-refractivity contribution in [2.24, 2.45) is 0 Å². The van der Waals surface area contributed by atoms with Gasteiger partial charge in [-0.05, 0) is 35.4 Å². The number of carbonyl (C=O) groups is 1. The fourth-order valence-electron chi connectivity index (χ4n) is 1.69. The molecular weight excluding hydrogens is 244 g/mol. The number of hydrogen-bond acceptors (Lipinski definition) is 3. The SMILES string of the molecule is COc1ccc(-c2cccc(OCC(=O)O)c2)cc1. The number of aliphatic carboxylic acids is 1. The summed E-state index contributed by atoms with van der Waals surface area (Å²) in [5.41, 5.74) is 1.98. The quantitative estimate of drug-likeness (QED) is 0.896. The van der Waals surface area contributed by atoms with Gasteiger partial charge in [0.05, 0.1) is 7.11 Å². The first-order valence-corrected chi connectivity index (χ1v) is 5.78. The average molecular weight is 258 g/mol. The van der Waals surface area contributed by atoms with E-state index in [9.17, 15) is 4.79 Å². The summed E-state index contributed by atoms with van der Waals surface area (Å²) in [6.45, 7) is -0.341. The summed E-state index contributed by atoms with van der Waals surface area (Å²) < 4.78 is 10.3. The topological polar surface area (TPSA) is 55.8 Å². The number of carboxylic acid groups (broad SMARTS) is 1. The number of methoxy groups -OCH3 is 1. The van der Waals surface area contributed by atoms with Crippen molar-refractivity contribution < 1.29 is 19.4 Å². The zero-order valence-electron chi connectivity index (χ0n) is 10.5. The van der Waals surface area contributed by atoms with Crippen LogP contribution in [0.5, 0.6) is 11.5 Å². The summed E-state index contributed by atoms with van der Waals surface area (Å²) in [6, 6.07) is 14.9. The Labute approximate surface area is 111 Å². The maximum absolute atomic E-state index is 10.5. The van der Waals surface area contributed by atoms with Gasteiger partial charge < -0.3 is 14.6 Å². The smallest absolute Gasteiger partial charge is 0.341 e. The standard InChI is InChI=1S/C15H14O4/c1-18-13-7-5-11(6-8-13)12-3-2-4-14(9-12)19-10-15(16)17/h2-9H,10H2,1H3,(H,16,17). The number of hydrogen-bond donors (Lipinski definition) is 1. The van der Waals surface area contributed by atoms with Crippen LogP contribution in [0, 0.1) is 0 Å². The molecule has 0 aliphatic heterocycles. The van der Waals surface area contributed by atoms with Gasteiger partial charge in [0.1, 0.15) is 11.5 Å². The molecule has 0 heterocycles. The molecule has 2 aromatic rings. The molecule has 0 spiro atoms. The minimum absolute atomic E-state index is 0.341. The van der Waals surface area contributed by atoms with Gasteiger partial charge in [0, 0.05) is 0 Å². The van der Waals surface area contributed by atoms with E-state index in [1.807, 2.05) is 42.5 Å². The van der Waals surface area contributed by atoms with E-state index in [1.54, 1.807) is 13.2 Å². The van der Waals surface area contributed by atoms with Crippen LogP contribution < -0.4 is 9.47 Å². The van der Waals surface area contributed by atoms with Gasteiger partial charge in [-0.2, -0.15) is 0 Å². The van der Waals surface area contributed by atoms with Crippen LogP contribution in [-0.2, 0) is 4.79 Å². The highest BCUT2D eigenvalue weighted by molar-refractivity contribution is 5.69. The molecule has 0 saturated heterocycles. The Morgan fingerprint density at radius 1 is 1.05 bits per heavy atom. The average Bonchev–Trinajstić information content (AvgIpc) is 2.45. The van der Waals surface area contributed by atoms with E-state index in [0.717, 1.165) is 16.9 Å². The van der Waals surface area contributed by atoms with E-state index in [4.69, 9.17) is 14.6 Å². The van der Waals surface area contributed by atoms with E-state index < -0.39 is 5.97 Å². The summed E-state index contributed by atoms with van der Waals surface area (Å²) in [7, 11) is 1.62. The van der Waals surface area contributed by atoms with Gasteiger partial charge >= 0.3 is 5.97 Å². The van der Waals surface area contributed by atoms with Crippen LogP contribution in [0.25, 0.3) is 11.1 Å². The first-order valence-electron chi connectivity index (χ1n) is 5.78. The second-order valence-corrected chi connectivity index (χ2v) is 3.94. The van der Waals surface area contributed by atoms with E-state index in [-0.39, 0.29) is 6.61 Å². The zero-order chi connectivity index (χ0) is 13.7. The predicted molar refractivity (Wildman–Crippen MR) is 71.6 cm³/mol. The van der Waals surface area contributed by atoms with Crippen molar-refractivity contribution >= 4 is 5.97 Å². The lowest BCUT2D eigenvalue weighted by Crippen LogP contribution is -2.09. The maximum atomic E-state index is 10.5. The minimum Gasteiger partial charge on any atom is -0.497 e. The Balaban J connectivity index is 2.19. The van der Waals surface area contributed by atoms with Gasteiger partial charge in [-0.25, -0.2) is 4.79 Å². The molecule has 0 aromatic heterocycles. The molecule has 0 atom stereocenters. The van der Waals surface area contributed by atoms with E-state index in [2.05, 4.69) is 0 Å². The van der Waals surface area contributed by atoms with Gasteiger partial charge in [-0.15, -0.1) is 0 Å². The summed E-state index contributed by atoms with van der Waals surface area (Å²) >= 11 is 0. The predicted octanol–water partition coefficient (Wildman–Crippen LogP) is 2.83. The Kier molecular flexibility index (Phi) is 4.03. The third-order valence-electron chi connectivity index (χ3n) is 2.62. The fraction of sp³-hybridized carbons (Fsp3) is 0.133. The molecule has 2 aromatic carbocycles. The fourth-order valence-corrected chi connectivity index (χ4v) is 1.69. The Morgan fingerprint density at radius 2 is 1.79 bits per heavy atom. The molecule has 0 saturated carbocycles. The van der Waals surface area contributed by atoms with Crippen LogP contribution >= 0.6 is 0 Å². The largest absolute Gasteiger partial charge is 0.497 e. The van der Waals surface area contributed by atoms with Gasteiger partial charge in [-0.3, -0.25) is 0 Å². The highest BCUT2D eigenvalue weighted by Crippen LogP contribution is 2.25. The number of carboxylic acids is 1. The van der Waals surface area contributed by atoms with Gasteiger partial charge in [-0.1, -0.05) is 24.3 Å². The summed E-state index contributed by atoms with van der Waals surface area (Å²) in [4.78, 5) is 10.5. The van der Waals surface area contributed by atoms with Crippen molar-refractivity contribution in [2.45, 2.75) is 0 Å². The number of rotatable bonds is 5. The molecule has 0 radical (unpaired) electrons. The lowest BCUT2D eigenvalue weighted by atomic mass is 10.1. The van der Waals surface area contributed by atoms with Crippen LogP contribution in [0.15, 0.2) is 48.5 Å². The Morgan fingerprint density at radius 3 is 2.42 bits per heavy atom. The van der Waals surface area contributed by atoms with Crippen molar-refractivity contribution in [2.75, 3.05) is 13.7 Å². The summed E-state index contributed by atoms with van der Waals surface area (Å²) in [5, 5.41) is 8.58. The molecule has 98 valence electrons. The molecule has 0 bridgehead atoms. The van der Waals surface area contributed by atoms with E-state index >= 15 is 0 Å². The van der Waals surface area contributed by atoms with Crippen LogP contribution in [0.2, 0.25) is 0 Å². The second kappa shape index (κ2) is 5.91. The normalized spacial score (nSPS) is 9.95. The maximum Gasteiger partial charge on any atom is 0.341 e. The Bertz CT molecular complexity index is 561. The highest BCUT2D eigenvalue weighted by Gasteiger charge is 2.02. The molecule has 19 heavy (non-hydrogen) atoms. The molecule has 4 nitrogen and oxygen atoms in total. The van der Waals surface area contributed by atoms with E-state index in [1.165, 1.54) is 0 Å². The van der Waals surface area contributed by atoms with Crippen molar-refractivity contribution in [1.82, 2.24) is 0 Å². The van der Waals surface area contributed by atoms with Crippen molar-refractivity contribution in [1.29, 1.82) is 0 Å². The molecule has 0 fully saturated rings. The molecule has 4 heteroatoms. The molecule has 0 amide bonds. The van der Waals surface area contributed by atoms with Gasteiger partial charge in [0.25, 0.3) is 0 Å². The molecular formula is C15H14O4. The second-order valence-electron chi connectivity index (χ2n) is 3.94. The molecule has 1 N–H and O–H groups in total. The van der Waals surface area contributed by atoms with Crippen LogP contribution in [0.1, 0.15) is 0 Å². The molecule has 0 unspecified atom stereocenters. The first-order chi connectivity index (χ1) is 9.19. The minimum atomic E-state index is -0.991. The third kappa shape index (κ3) is 3.48. The monoisotopic (exact) mass is 258 g/mol. The third-order valence-corrected chi connectivity index (χ3v) is 2.62. The number of benzene rings is 2. The Hall–Kier alpha value is -2.49. The number of ether oxygens (including phenoxy) is 2. The lowest BCUT2D eigenvalue weighted by molar-refractivity contribution is -0.139. The molecule has 0 aliphatic carbocycles. The lowest BCUT2D eigenvalue weighted by Gasteiger charge is -2.07. The summed E-state index contributed by atoms with van der Waals surface area (Å²) in [6.07, 6.45) is 0. The molecule has 0 aliphatic rings. The van der Waals surface area contributed by atoms with Crippen molar-refractivity contribution in [3.05, 3.63) is 48.5 Å². The van der Waals surface area contributed by atoms with Crippen molar-refractivity contribution in [3.63, 3.8) is 0 Å². The van der Waals surface area contributed by atoms with E-state index in [0.29, 0.717) is 5.75 Å². The molecule has 2 rings (SSSR count). The first kappa shape index (κ1) is 13.0. The van der Waals surface area contributed by atoms with Gasteiger partial charge in [0.2, 0.25) is 0 Å². The summed E-state index contributed by atoms with van der Waals surface area (Å²) in [5.74, 6) is 0.340. The van der Waals surface area contributed by atoms with Gasteiger partial charge in [0.15, 0.2) is 6.61 Å². The van der Waals surface area contributed by atoms with Crippen LogP contribution in [0.3, 0.4) is 0 Å². The van der Waals surface area contributed by atoms with Crippen molar-refractivity contribution in [3.8, 4) is 22.6 Å².